The van der Waals surface area contributed by atoms with E-state index in [1.165, 1.54) is 0 Å². The molecule has 6 heteroatoms. The molecule has 0 amide bonds. The van der Waals surface area contributed by atoms with Crippen LogP contribution in [0.5, 0.6) is 0 Å². The summed E-state index contributed by atoms with van der Waals surface area (Å²) in [4.78, 5) is 0. The monoisotopic (exact) mass is 368 g/mol. The number of hydrogen-bond acceptors (Lipinski definition) is 3. The van der Waals surface area contributed by atoms with Crippen LogP contribution in [-0.4, -0.2) is 42.9 Å². The van der Waals surface area contributed by atoms with Crippen molar-refractivity contribution in [1.82, 2.24) is 0 Å². The molecule has 0 spiro atoms. The maximum absolute atomic E-state index is 13.9. The van der Waals surface area contributed by atoms with Crippen molar-refractivity contribution < 1.29 is 27.8 Å². The normalized spacial score (nSPS) is 16.0. The van der Waals surface area contributed by atoms with Crippen molar-refractivity contribution in [1.29, 1.82) is 0 Å². The van der Waals surface area contributed by atoms with Gasteiger partial charge >= 0.3 is 0 Å². The van der Waals surface area contributed by atoms with E-state index in [2.05, 4.69) is 0 Å². The van der Waals surface area contributed by atoms with Crippen LogP contribution in [0.3, 0.4) is 0 Å². The van der Waals surface area contributed by atoms with E-state index in [1.807, 2.05) is 12.1 Å². The largest absolute Gasteiger partial charge is 0.387 e. The molecule has 1 N–H and O–H groups in total. The molecule has 0 aliphatic rings. The van der Waals surface area contributed by atoms with Gasteiger partial charge in [0.1, 0.15) is 6.10 Å². The van der Waals surface area contributed by atoms with Crippen LogP contribution in [0.4, 0.5) is 13.2 Å². The number of aliphatic hydroxyl groups is 1. The first-order valence-electron chi connectivity index (χ1n) is 8.41. The summed E-state index contributed by atoms with van der Waals surface area (Å²) < 4.78 is 51.8. The number of ether oxygens (including phenoxy) is 2. The lowest BCUT2D eigenvalue weighted by Gasteiger charge is -2.22. The van der Waals surface area contributed by atoms with E-state index in [0.29, 0.717) is 0 Å². The lowest BCUT2D eigenvalue weighted by Crippen LogP contribution is -2.41. The van der Waals surface area contributed by atoms with Gasteiger partial charge < -0.3 is 14.6 Å². The van der Waals surface area contributed by atoms with Gasteiger partial charge in [0.05, 0.1) is 26.4 Å². The second kappa shape index (κ2) is 11.0. The highest BCUT2D eigenvalue weighted by Crippen LogP contribution is 2.16. The van der Waals surface area contributed by atoms with Gasteiger partial charge in [-0.1, -0.05) is 60.7 Å². The smallest absolute Gasteiger partial charge is 0.162 e. The Bertz CT molecular complexity index is 557. The molecule has 0 aliphatic carbocycles. The Morgan fingerprint density at radius 1 is 0.692 bits per heavy atom. The Labute approximate surface area is 151 Å². The van der Waals surface area contributed by atoms with Crippen LogP contribution in [0.15, 0.2) is 60.7 Å². The minimum atomic E-state index is -2.39. The predicted octanol–water partition coefficient (Wildman–Crippen LogP) is 3.80. The van der Waals surface area contributed by atoms with Crippen LogP contribution < -0.4 is 0 Å². The molecule has 0 radical (unpaired) electrons. The van der Waals surface area contributed by atoms with Crippen LogP contribution in [-0.2, 0) is 22.7 Å². The van der Waals surface area contributed by atoms with Crippen molar-refractivity contribution in [3.63, 3.8) is 0 Å². The van der Waals surface area contributed by atoms with Gasteiger partial charge in [-0.15, -0.1) is 0 Å². The Hall–Kier alpha value is -1.89. The second-order valence-corrected chi connectivity index (χ2v) is 5.97. The number of halogens is 3. The molecule has 0 fully saturated rings. The molecule has 2 aromatic rings. The molecule has 0 aromatic heterocycles. The quantitative estimate of drug-likeness (QED) is 0.656. The van der Waals surface area contributed by atoms with E-state index < -0.39 is 37.8 Å². The Morgan fingerprint density at radius 2 is 1.12 bits per heavy atom. The first-order chi connectivity index (χ1) is 12.6. The molecule has 0 saturated heterocycles. The van der Waals surface area contributed by atoms with Gasteiger partial charge in [-0.3, -0.25) is 0 Å². The average Bonchev–Trinajstić information content (AvgIpc) is 2.68. The van der Waals surface area contributed by atoms with Crippen LogP contribution in [0, 0.1) is 0 Å². The zero-order chi connectivity index (χ0) is 18.8. The van der Waals surface area contributed by atoms with Crippen molar-refractivity contribution in [3.05, 3.63) is 71.8 Å². The fourth-order valence-corrected chi connectivity index (χ4v) is 2.33. The first kappa shape index (κ1) is 20.4. The van der Waals surface area contributed by atoms with Crippen molar-refractivity contribution in [2.24, 2.45) is 0 Å². The number of alkyl halides is 3. The predicted molar refractivity (Wildman–Crippen MR) is 92.9 cm³/mol. The second-order valence-electron chi connectivity index (χ2n) is 5.97. The molecule has 0 aliphatic heterocycles. The van der Waals surface area contributed by atoms with Gasteiger partial charge in [-0.2, -0.15) is 0 Å². The molecule has 2 rings (SSSR count). The number of hydrogen-bond donors (Lipinski definition) is 1. The van der Waals surface area contributed by atoms with Crippen LogP contribution in [0.2, 0.25) is 0 Å². The van der Waals surface area contributed by atoms with Gasteiger partial charge in [0.15, 0.2) is 18.5 Å². The molecular weight excluding hydrogens is 345 g/mol. The Morgan fingerprint density at radius 3 is 1.58 bits per heavy atom. The number of benzene rings is 2. The summed E-state index contributed by atoms with van der Waals surface area (Å²) in [6, 6.07) is 18.0. The summed E-state index contributed by atoms with van der Waals surface area (Å²) in [6.45, 7) is -0.841. The van der Waals surface area contributed by atoms with Gasteiger partial charge in [-0.25, -0.2) is 13.2 Å². The molecule has 4 atom stereocenters. The summed E-state index contributed by atoms with van der Waals surface area (Å²) in [6.07, 6.45) is -8.65. The highest BCUT2D eigenvalue weighted by atomic mass is 19.2. The van der Waals surface area contributed by atoms with E-state index >= 15 is 0 Å². The zero-order valence-corrected chi connectivity index (χ0v) is 14.3. The summed E-state index contributed by atoms with van der Waals surface area (Å²) in [5.41, 5.74) is 1.64. The highest BCUT2D eigenvalue weighted by molar-refractivity contribution is 5.14. The molecular formula is C20H23F3O3. The fraction of sp³-hybridized carbons (Fsp3) is 0.400. The third-order valence-corrected chi connectivity index (χ3v) is 3.82. The van der Waals surface area contributed by atoms with Crippen molar-refractivity contribution in [2.45, 2.75) is 37.8 Å². The van der Waals surface area contributed by atoms with Crippen LogP contribution >= 0.6 is 0 Å². The molecule has 142 valence electrons. The van der Waals surface area contributed by atoms with Crippen LogP contribution in [0.25, 0.3) is 0 Å². The maximum atomic E-state index is 13.9. The van der Waals surface area contributed by atoms with Crippen LogP contribution in [0.1, 0.15) is 11.1 Å². The third kappa shape index (κ3) is 6.78. The highest BCUT2D eigenvalue weighted by Gasteiger charge is 2.34. The van der Waals surface area contributed by atoms with Gasteiger partial charge in [0.2, 0.25) is 0 Å². The van der Waals surface area contributed by atoms with Gasteiger partial charge in [0, 0.05) is 0 Å². The zero-order valence-electron chi connectivity index (χ0n) is 14.3. The lowest BCUT2D eigenvalue weighted by atomic mass is 10.1. The SMILES string of the molecule is O[C@@H]([C@@H](F)[C@H](F)COCc1ccccc1)[C@H](F)COCc1ccccc1. The van der Waals surface area contributed by atoms with E-state index in [1.54, 1.807) is 48.5 Å². The van der Waals surface area contributed by atoms with Crippen molar-refractivity contribution in [3.8, 4) is 0 Å². The molecule has 2 aromatic carbocycles. The summed E-state index contributed by atoms with van der Waals surface area (Å²) in [7, 11) is 0. The molecule has 0 bridgehead atoms. The van der Waals surface area contributed by atoms with Gasteiger partial charge in [0.25, 0.3) is 0 Å². The molecule has 0 heterocycles. The number of rotatable bonds is 11. The van der Waals surface area contributed by atoms with Crippen molar-refractivity contribution >= 4 is 0 Å². The van der Waals surface area contributed by atoms with E-state index in [9.17, 15) is 18.3 Å². The molecule has 0 saturated carbocycles. The lowest BCUT2D eigenvalue weighted by molar-refractivity contribution is -0.0681. The maximum Gasteiger partial charge on any atom is 0.162 e. The first-order valence-corrected chi connectivity index (χ1v) is 8.41. The Kier molecular flexibility index (Phi) is 8.61. The molecule has 3 nitrogen and oxygen atoms in total. The Balaban J connectivity index is 1.68. The topological polar surface area (TPSA) is 38.7 Å². The minimum absolute atomic E-state index is 0.114. The fourth-order valence-electron chi connectivity index (χ4n) is 2.33. The van der Waals surface area contributed by atoms with Gasteiger partial charge in [-0.05, 0) is 11.1 Å². The molecule has 26 heavy (non-hydrogen) atoms. The standard InChI is InChI=1S/C20H23F3O3/c21-17(13-25-11-15-7-3-1-4-8-15)19(23)20(24)18(22)14-26-12-16-9-5-2-6-10-16/h1-10,17-20,24H,11-14H2/t17-,18-,19+,20-/m1/s1. The average molecular weight is 368 g/mol. The molecule has 0 unspecified atom stereocenters. The summed E-state index contributed by atoms with van der Waals surface area (Å²) >= 11 is 0. The number of aliphatic hydroxyl groups excluding tert-OH is 1. The van der Waals surface area contributed by atoms with Crippen molar-refractivity contribution in [2.75, 3.05) is 13.2 Å². The van der Waals surface area contributed by atoms with E-state index in [-0.39, 0.29) is 13.2 Å². The summed E-state index contributed by atoms with van der Waals surface area (Å²) in [5, 5.41) is 9.64. The third-order valence-electron chi connectivity index (χ3n) is 3.82. The minimum Gasteiger partial charge on any atom is -0.387 e. The summed E-state index contributed by atoms with van der Waals surface area (Å²) in [5.74, 6) is 0. The van der Waals surface area contributed by atoms with E-state index in [0.717, 1.165) is 11.1 Å². The van der Waals surface area contributed by atoms with E-state index in [4.69, 9.17) is 9.47 Å².